The van der Waals surface area contributed by atoms with Gasteiger partial charge in [0.15, 0.2) is 5.65 Å². The maximum atomic E-state index is 4.98. The molecule has 1 aliphatic heterocycles. The van der Waals surface area contributed by atoms with E-state index in [0.717, 1.165) is 66.9 Å². The molecule has 1 aliphatic rings. The van der Waals surface area contributed by atoms with Gasteiger partial charge in [-0.15, -0.1) is 0 Å². The molecule has 7 heteroatoms. The van der Waals surface area contributed by atoms with Crippen molar-refractivity contribution in [3.8, 4) is 5.69 Å². The lowest BCUT2D eigenvalue weighted by Crippen LogP contribution is -2.46. The number of piperazine rings is 1. The Kier molecular flexibility index (Phi) is 5.49. The van der Waals surface area contributed by atoms with Crippen LogP contribution in [0.2, 0.25) is 0 Å². The molecule has 1 fully saturated rings. The van der Waals surface area contributed by atoms with E-state index in [1.54, 1.807) is 0 Å². The Bertz CT molecular complexity index is 1220. The first-order chi connectivity index (χ1) is 15.6. The standard InChI is InChI=1S/C25H29N7/c1-4-30-12-14-31(15-13-30)25-28-23(27-20-11-10-18(2)19(3)16-20)22-17-26-32(24(22)29-25)21-8-6-5-7-9-21/h5-11,16-17H,4,12-15H2,1-3H3,(H,27,28,29). The van der Waals surface area contributed by atoms with Gasteiger partial charge in [0.1, 0.15) is 5.82 Å². The van der Waals surface area contributed by atoms with Gasteiger partial charge in [-0.25, -0.2) is 4.68 Å². The fourth-order valence-electron chi connectivity index (χ4n) is 4.11. The summed E-state index contributed by atoms with van der Waals surface area (Å²) in [6.45, 7) is 11.4. The van der Waals surface area contributed by atoms with Crippen LogP contribution in [0.3, 0.4) is 0 Å². The number of likely N-dealkylation sites (N-methyl/N-ethyl adjacent to an activating group) is 1. The number of para-hydroxylation sites is 1. The summed E-state index contributed by atoms with van der Waals surface area (Å²) >= 11 is 0. The molecule has 164 valence electrons. The zero-order chi connectivity index (χ0) is 22.1. The van der Waals surface area contributed by atoms with E-state index in [1.165, 1.54) is 11.1 Å². The summed E-state index contributed by atoms with van der Waals surface area (Å²) in [6, 6.07) is 16.5. The van der Waals surface area contributed by atoms with Gasteiger partial charge in [-0.2, -0.15) is 15.1 Å². The first-order valence-electron chi connectivity index (χ1n) is 11.2. The molecule has 0 bridgehead atoms. The van der Waals surface area contributed by atoms with E-state index in [1.807, 2.05) is 41.2 Å². The molecule has 0 spiro atoms. The largest absolute Gasteiger partial charge is 0.339 e. The number of aromatic nitrogens is 4. The van der Waals surface area contributed by atoms with Crippen LogP contribution in [0, 0.1) is 13.8 Å². The second kappa shape index (κ2) is 8.59. The van der Waals surface area contributed by atoms with E-state index in [-0.39, 0.29) is 0 Å². The fraction of sp³-hybridized carbons (Fsp3) is 0.320. The van der Waals surface area contributed by atoms with Gasteiger partial charge in [0.25, 0.3) is 0 Å². The van der Waals surface area contributed by atoms with Crippen LogP contribution in [0.1, 0.15) is 18.1 Å². The van der Waals surface area contributed by atoms with Crippen LogP contribution in [0.5, 0.6) is 0 Å². The van der Waals surface area contributed by atoms with Crippen LogP contribution in [0.25, 0.3) is 16.7 Å². The number of rotatable bonds is 5. The van der Waals surface area contributed by atoms with Crippen molar-refractivity contribution in [3.63, 3.8) is 0 Å². The maximum absolute atomic E-state index is 4.98. The van der Waals surface area contributed by atoms with E-state index < -0.39 is 0 Å². The lowest BCUT2D eigenvalue weighted by molar-refractivity contribution is 0.270. The van der Waals surface area contributed by atoms with Crippen LogP contribution in [-0.4, -0.2) is 57.4 Å². The molecule has 32 heavy (non-hydrogen) atoms. The highest BCUT2D eigenvalue weighted by atomic mass is 15.4. The molecule has 1 N–H and O–H groups in total. The van der Waals surface area contributed by atoms with Crippen molar-refractivity contribution in [1.29, 1.82) is 0 Å². The van der Waals surface area contributed by atoms with Crippen LogP contribution in [0.15, 0.2) is 54.7 Å². The van der Waals surface area contributed by atoms with Crippen molar-refractivity contribution in [2.24, 2.45) is 0 Å². The van der Waals surface area contributed by atoms with E-state index in [9.17, 15) is 0 Å². The first kappa shape index (κ1) is 20.5. The van der Waals surface area contributed by atoms with Crippen molar-refractivity contribution in [2.75, 3.05) is 42.9 Å². The molecule has 0 radical (unpaired) electrons. The van der Waals surface area contributed by atoms with Gasteiger partial charge in [0.2, 0.25) is 5.95 Å². The molecule has 1 saturated heterocycles. The van der Waals surface area contributed by atoms with Gasteiger partial charge in [0, 0.05) is 31.9 Å². The number of aryl methyl sites for hydroxylation is 2. The highest BCUT2D eigenvalue weighted by molar-refractivity contribution is 5.90. The minimum absolute atomic E-state index is 0.747. The Morgan fingerprint density at radius 1 is 0.906 bits per heavy atom. The molecule has 2 aromatic carbocycles. The lowest BCUT2D eigenvalue weighted by atomic mass is 10.1. The van der Waals surface area contributed by atoms with Gasteiger partial charge in [0.05, 0.1) is 17.3 Å². The fourth-order valence-corrected chi connectivity index (χ4v) is 4.11. The molecule has 4 aromatic rings. The Balaban J connectivity index is 1.59. The third-order valence-corrected chi connectivity index (χ3v) is 6.29. The van der Waals surface area contributed by atoms with E-state index >= 15 is 0 Å². The number of nitrogens with one attached hydrogen (secondary N) is 1. The summed E-state index contributed by atoms with van der Waals surface area (Å²) in [6.07, 6.45) is 1.85. The second-order valence-electron chi connectivity index (χ2n) is 8.35. The molecule has 0 amide bonds. The van der Waals surface area contributed by atoms with Crippen LogP contribution < -0.4 is 10.2 Å². The summed E-state index contributed by atoms with van der Waals surface area (Å²) in [4.78, 5) is 14.7. The molecule has 5 rings (SSSR count). The van der Waals surface area contributed by atoms with Crippen molar-refractivity contribution >= 4 is 28.5 Å². The first-order valence-corrected chi connectivity index (χ1v) is 11.2. The Morgan fingerprint density at radius 3 is 2.41 bits per heavy atom. The predicted octanol–water partition coefficient (Wildman–Crippen LogP) is 4.32. The van der Waals surface area contributed by atoms with Crippen LogP contribution in [0.4, 0.5) is 17.5 Å². The maximum Gasteiger partial charge on any atom is 0.229 e. The third-order valence-electron chi connectivity index (χ3n) is 6.29. The summed E-state index contributed by atoms with van der Waals surface area (Å²) < 4.78 is 1.90. The Morgan fingerprint density at radius 2 is 1.69 bits per heavy atom. The molecule has 0 atom stereocenters. The topological polar surface area (TPSA) is 62.1 Å². The normalized spacial score (nSPS) is 14.8. The highest BCUT2D eigenvalue weighted by Crippen LogP contribution is 2.29. The van der Waals surface area contributed by atoms with Gasteiger partial charge < -0.3 is 15.1 Å². The zero-order valence-corrected chi connectivity index (χ0v) is 18.9. The highest BCUT2D eigenvalue weighted by Gasteiger charge is 2.21. The van der Waals surface area contributed by atoms with E-state index in [0.29, 0.717) is 0 Å². The van der Waals surface area contributed by atoms with Gasteiger partial charge in [-0.05, 0) is 55.8 Å². The number of hydrogen-bond donors (Lipinski definition) is 1. The minimum Gasteiger partial charge on any atom is -0.339 e. The minimum atomic E-state index is 0.747. The number of fused-ring (bicyclic) bond motifs is 1. The van der Waals surface area contributed by atoms with Crippen molar-refractivity contribution in [1.82, 2.24) is 24.6 Å². The lowest BCUT2D eigenvalue weighted by Gasteiger charge is -2.34. The molecule has 0 unspecified atom stereocenters. The van der Waals surface area contributed by atoms with E-state index in [4.69, 9.17) is 9.97 Å². The van der Waals surface area contributed by atoms with E-state index in [2.05, 4.69) is 59.2 Å². The summed E-state index contributed by atoms with van der Waals surface area (Å²) in [5.41, 5.74) is 5.33. The second-order valence-corrected chi connectivity index (χ2v) is 8.35. The van der Waals surface area contributed by atoms with Gasteiger partial charge in [-0.3, -0.25) is 0 Å². The molecular formula is C25H29N7. The van der Waals surface area contributed by atoms with Crippen molar-refractivity contribution < 1.29 is 0 Å². The SMILES string of the molecule is CCN1CCN(c2nc(Nc3ccc(C)c(C)c3)c3cnn(-c4ccccc4)c3n2)CC1. The number of anilines is 3. The monoisotopic (exact) mass is 427 g/mol. The quantitative estimate of drug-likeness (QED) is 0.512. The van der Waals surface area contributed by atoms with Crippen molar-refractivity contribution in [2.45, 2.75) is 20.8 Å². The molecule has 0 aliphatic carbocycles. The molecule has 0 saturated carbocycles. The average molecular weight is 428 g/mol. The average Bonchev–Trinajstić information content (AvgIpc) is 3.26. The molecule has 7 nitrogen and oxygen atoms in total. The Hall–Kier alpha value is -3.45. The number of benzene rings is 2. The molecule has 2 aromatic heterocycles. The summed E-state index contributed by atoms with van der Waals surface area (Å²) in [5, 5.41) is 9.10. The molecule has 3 heterocycles. The smallest absolute Gasteiger partial charge is 0.229 e. The summed E-state index contributed by atoms with van der Waals surface area (Å²) in [5.74, 6) is 1.53. The van der Waals surface area contributed by atoms with Gasteiger partial charge >= 0.3 is 0 Å². The van der Waals surface area contributed by atoms with Crippen LogP contribution in [-0.2, 0) is 0 Å². The van der Waals surface area contributed by atoms with Crippen LogP contribution >= 0.6 is 0 Å². The third kappa shape index (κ3) is 3.91. The summed E-state index contributed by atoms with van der Waals surface area (Å²) in [7, 11) is 0. The zero-order valence-electron chi connectivity index (χ0n) is 18.9. The predicted molar refractivity (Wildman–Crippen MR) is 130 cm³/mol. The van der Waals surface area contributed by atoms with Crippen molar-refractivity contribution in [3.05, 3.63) is 65.9 Å². The number of nitrogens with zero attached hydrogens (tertiary/aromatic N) is 6. The molecular weight excluding hydrogens is 398 g/mol. The Labute approximate surface area is 188 Å². The van der Waals surface area contributed by atoms with Gasteiger partial charge in [-0.1, -0.05) is 31.2 Å². The number of hydrogen-bond acceptors (Lipinski definition) is 6.